The lowest BCUT2D eigenvalue weighted by Gasteiger charge is -2.15. The van der Waals surface area contributed by atoms with Gasteiger partial charge < -0.3 is 0 Å². The van der Waals surface area contributed by atoms with Crippen LogP contribution in [0.15, 0.2) is 18.2 Å². The topological polar surface area (TPSA) is 20.3 Å². The summed E-state index contributed by atoms with van der Waals surface area (Å²) >= 11 is 11.8. The van der Waals surface area contributed by atoms with E-state index in [1.807, 2.05) is 18.0 Å². The number of likely N-dealkylation sites (N-methyl/N-ethyl adjacent to an activating group) is 1. The van der Waals surface area contributed by atoms with Crippen molar-refractivity contribution in [2.45, 2.75) is 13.5 Å². The Labute approximate surface area is 99.8 Å². The predicted octanol–water partition coefficient (Wildman–Crippen LogP) is 3.01. The molecule has 0 amide bonds. The van der Waals surface area contributed by atoms with E-state index in [1.165, 1.54) is 0 Å². The lowest BCUT2D eigenvalue weighted by molar-refractivity contribution is -0.117. The van der Waals surface area contributed by atoms with E-state index in [1.54, 1.807) is 19.1 Å². The summed E-state index contributed by atoms with van der Waals surface area (Å²) in [4.78, 5) is 12.8. The van der Waals surface area contributed by atoms with Gasteiger partial charge in [0.1, 0.15) is 5.78 Å². The fourth-order valence-electron chi connectivity index (χ4n) is 1.38. The highest BCUT2D eigenvalue weighted by atomic mass is 35.5. The van der Waals surface area contributed by atoms with Crippen molar-refractivity contribution < 1.29 is 4.79 Å². The van der Waals surface area contributed by atoms with Crippen LogP contribution in [-0.4, -0.2) is 24.3 Å². The summed E-state index contributed by atoms with van der Waals surface area (Å²) in [6.07, 6.45) is 0. The van der Waals surface area contributed by atoms with Crippen LogP contribution < -0.4 is 0 Å². The van der Waals surface area contributed by atoms with Gasteiger partial charge in [-0.3, -0.25) is 9.69 Å². The highest BCUT2D eigenvalue weighted by molar-refractivity contribution is 6.35. The molecule has 82 valence electrons. The molecule has 2 nitrogen and oxygen atoms in total. The molecule has 1 rings (SSSR count). The number of Topliss-reactive ketones (excluding diaryl/α,β-unsaturated/α-hetero) is 1. The molecular formula is C11H13Cl2NO. The summed E-state index contributed by atoms with van der Waals surface area (Å²) in [7, 11) is 1.88. The average molecular weight is 246 g/mol. The number of halogens is 2. The summed E-state index contributed by atoms with van der Waals surface area (Å²) in [5.74, 6) is 0.141. The standard InChI is InChI=1S/C11H13Cl2NO/c1-8(15)6-14(2)7-9-3-4-10(12)5-11(9)13/h3-5H,6-7H2,1-2H3. The third-order valence-electron chi connectivity index (χ3n) is 1.95. The number of hydrogen-bond donors (Lipinski definition) is 0. The number of carbonyl (C=O) groups is 1. The van der Waals surface area contributed by atoms with Gasteiger partial charge in [-0.2, -0.15) is 0 Å². The molecule has 0 saturated carbocycles. The Balaban J connectivity index is 2.68. The van der Waals surface area contributed by atoms with Crippen LogP contribution in [0.5, 0.6) is 0 Å². The SMILES string of the molecule is CC(=O)CN(C)Cc1ccc(Cl)cc1Cl. The highest BCUT2D eigenvalue weighted by Crippen LogP contribution is 2.21. The lowest BCUT2D eigenvalue weighted by atomic mass is 10.2. The molecule has 0 saturated heterocycles. The Morgan fingerprint density at radius 2 is 2.07 bits per heavy atom. The zero-order valence-electron chi connectivity index (χ0n) is 8.76. The van der Waals surface area contributed by atoms with E-state index in [0.717, 1.165) is 5.56 Å². The fraction of sp³-hybridized carbons (Fsp3) is 0.364. The van der Waals surface area contributed by atoms with Gasteiger partial charge in [0.25, 0.3) is 0 Å². The van der Waals surface area contributed by atoms with E-state index >= 15 is 0 Å². The van der Waals surface area contributed by atoms with Crippen molar-refractivity contribution in [3.8, 4) is 0 Å². The molecule has 0 fully saturated rings. The first kappa shape index (κ1) is 12.5. The van der Waals surface area contributed by atoms with Crippen LogP contribution in [0, 0.1) is 0 Å². The van der Waals surface area contributed by atoms with Gasteiger partial charge in [0.2, 0.25) is 0 Å². The molecule has 0 aliphatic heterocycles. The van der Waals surface area contributed by atoms with Crippen molar-refractivity contribution in [1.29, 1.82) is 0 Å². The second-order valence-electron chi connectivity index (χ2n) is 3.61. The highest BCUT2D eigenvalue weighted by Gasteiger charge is 2.06. The van der Waals surface area contributed by atoms with Crippen LogP contribution in [0.3, 0.4) is 0 Å². The van der Waals surface area contributed by atoms with Crippen molar-refractivity contribution in [2.24, 2.45) is 0 Å². The van der Waals surface area contributed by atoms with Crippen molar-refractivity contribution in [2.75, 3.05) is 13.6 Å². The van der Waals surface area contributed by atoms with Crippen LogP contribution in [-0.2, 0) is 11.3 Å². The summed E-state index contributed by atoms with van der Waals surface area (Å²) in [6, 6.07) is 5.38. The molecule has 0 unspecified atom stereocenters. The molecule has 0 radical (unpaired) electrons. The molecule has 1 aromatic carbocycles. The quantitative estimate of drug-likeness (QED) is 0.813. The lowest BCUT2D eigenvalue weighted by Crippen LogP contribution is -2.23. The van der Waals surface area contributed by atoms with E-state index in [0.29, 0.717) is 23.1 Å². The van der Waals surface area contributed by atoms with Crippen molar-refractivity contribution in [3.05, 3.63) is 33.8 Å². The summed E-state index contributed by atoms with van der Waals surface area (Å²) in [5, 5.41) is 1.26. The second kappa shape index (κ2) is 5.50. The summed E-state index contributed by atoms with van der Waals surface area (Å²) in [6.45, 7) is 2.65. The average Bonchev–Trinajstić information content (AvgIpc) is 2.08. The number of benzene rings is 1. The van der Waals surface area contributed by atoms with Gasteiger partial charge >= 0.3 is 0 Å². The largest absolute Gasteiger partial charge is 0.299 e. The van der Waals surface area contributed by atoms with Crippen molar-refractivity contribution in [3.63, 3.8) is 0 Å². The summed E-state index contributed by atoms with van der Waals surface area (Å²) < 4.78 is 0. The minimum absolute atomic E-state index is 0.141. The Bertz CT molecular complexity index is 366. The Morgan fingerprint density at radius 1 is 1.40 bits per heavy atom. The summed E-state index contributed by atoms with van der Waals surface area (Å²) in [5.41, 5.74) is 0.977. The molecule has 1 aromatic rings. The third kappa shape index (κ3) is 4.20. The van der Waals surface area contributed by atoms with Gasteiger partial charge in [-0.1, -0.05) is 29.3 Å². The van der Waals surface area contributed by atoms with Gasteiger partial charge in [-0.15, -0.1) is 0 Å². The first-order valence-corrected chi connectivity index (χ1v) is 5.36. The van der Waals surface area contributed by atoms with Crippen LogP contribution in [0.25, 0.3) is 0 Å². The molecule has 0 aromatic heterocycles. The van der Waals surface area contributed by atoms with Crippen LogP contribution in [0.1, 0.15) is 12.5 Å². The zero-order chi connectivity index (χ0) is 11.4. The maximum Gasteiger partial charge on any atom is 0.143 e. The third-order valence-corrected chi connectivity index (χ3v) is 2.53. The maximum atomic E-state index is 10.9. The minimum Gasteiger partial charge on any atom is -0.299 e. The van der Waals surface area contributed by atoms with E-state index in [9.17, 15) is 4.79 Å². The molecule has 0 N–H and O–H groups in total. The smallest absolute Gasteiger partial charge is 0.143 e. The van der Waals surface area contributed by atoms with Crippen LogP contribution in [0.4, 0.5) is 0 Å². The van der Waals surface area contributed by atoms with E-state index < -0.39 is 0 Å². The molecular weight excluding hydrogens is 233 g/mol. The number of rotatable bonds is 4. The first-order valence-electron chi connectivity index (χ1n) is 4.61. The van der Waals surface area contributed by atoms with Gasteiger partial charge in [0, 0.05) is 16.6 Å². The number of carbonyl (C=O) groups excluding carboxylic acids is 1. The molecule has 0 bridgehead atoms. The van der Waals surface area contributed by atoms with E-state index in [2.05, 4.69) is 0 Å². The molecule has 0 atom stereocenters. The fourth-order valence-corrected chi connectivity index (χ4v) is 1.84. The molecule has 0 aliphatic rings. The monoisotopic (exact) mass is 245 g/mol. The zero-order valence-corrected chi connectivity index (χ0v) is 10.3. The van der Waals surface area contributed by atoms with Gasteiger partial charge in [-0.05, 0) is 31.7 Å². The van der Waals surface area contributed by atoms with Crippen molar-refractivity contribution >= 4 is 29.0 Å². The molecule has 15 heavy (non-hydrogen) atoms. The first-order chi connectivity index (χ1) is 6.99. The molecule has 0 aliphatic carbocycles. The molecule has 0 spiro atoms. The second-order valence-corrected chi connectivity index (χ2v) is 4.45. The van der Waals surface area contributed by atoms with Crippen molar-refractivity contribution in [1.82, 2.24) is 4.90 Å². The normalized spacial score (nSPS) is 10.7. The number of ketones is 1. The number of hydrogen-bond acceptors (Lipinski definition) is 2. The van der Waals surface area contributed by atoms with E-state index in [-0.39, 0.29) is 5.78 Å². The van der Waals surface area contributed by atoms with Crippen LogP contribution in [0.2, 0.25) is 10.0 Å². The van der Waals surface area contributed by atoms with E-state index in [4.69, 9.17) is 23.2 Å². The Morgan fingerprint density at radius 3 is 2.60 bits per heavy atom. The van der Waals surface area contributed by atoms with Gasteiger partial charge in [0.15, 0.2) is 0 Å². The van der Waals surface area contributed by atoms with Gasteiger partial charge in [0.05, 0.1) is 6.54 Å². The molecule has 0 heterocycles. The van der Waals surface area contributed by atoms with Crippen LogP contribution >= 0.6 is 23.2 Å². The van der Waals surface area contributed by atoms with Gasteiger partial charge in [-0.25, -0.2) is 0 Å². The maximum absolute atomic E-state index is 10.9. The Kier molecular flexibility index (Phi) is 4.58. The molecule has 4 heteroatoms. The number of nitrogens with zero attached hydrogens (tertiary/aromatic N) is 1. The predicted molar refractivity (Wildman–Crippen MR) is 63.5 cm³/mol. The minimum atomic E-state index is 0.141. The Hall–Kier alpha value is -0.570.